The standard InChI is InChI=1S/C21H26BrN3O2/c1-3-11-24(21(27)16-6-4-7-17(22)13-16)15-20(26)25(18-9-10-18)14-19-8-5-12-23(19)2/h4-8,12-13,18H,3,9-11,14-15H2,1-2H3. The van der Waals surface area contributed by atoms with E-state index in [2.05, 4.69) is 15.9 Å². The molecule has 6 heteroatoms. The van der Waals surface area contributed by atoms with Crippen LogP contribution in [0.5, 0.6) is 0 Å². The van der Waals surface area contributed by atoms with Gasteiger partial charge in [-0.15, -0.1) is 0 Å². The van der Waals surface area contributed by atoms with Crippen LogP contribution in [0.25, 0.3) is 0 Å². The average Bonchev–Trinajstić information content (AvgIpc) is 3.41. The van der Waals surface area contributed by atoms with E-state index < -0.39 is 0 Å². The van der Waals surface area contributed by atoms with Crippen LogP contribution in [0.15, 0.2) is 47.1 Å². The van der Waals surface area contributed by atoms with Crippen LogP contribution in [0.1, 0.15) is 42.2 Å². The number of halogens is 1. The quantitative estimate of drug-likeness (QED) is 0.637. The summed E-state index contributed by atoms with van der Waals surface area (Å²) in [5, 5.41) is 0. The lowest BCUT2D eigenvalue weighted by Gasteiger charge is -2.28. The summed E-state index contributed by atoms with van der Waals surface area (Å²) in [6, 6.07) is 11.7. The monoisotopic (exact) mass is 431 g/mol. The molecule has 5 nitrogen and oxygen atoms in total. The molecule has 0 radical (unpaired) electrons. The van der Waals surface area contributed by atoms with Crippen LogP contribution in [0.3, 0.4) is 0 Å². The second-order valence-corrected chi connectivity index (χ2v) is 8.02. The molecule has 2 aromatic rings. The van der Waals surface area contributed by atoms with Crippen molar-refractivity contribution in [2.75, 3.05) is 13.1 Å². The Balaban J connectivity index is 1.73. The Kier molecular flexibility index (Phi) is 6.37. The maximum atomic E-state index is 13.1. The number of nitrogens with zero attached hydrogens (tertiary/aromatic N) is 3. The third-order valence-corrected chi connectivity index (χ3v) is 5.36. The fourth-order valence-electron chi connectivity index (χ4n) is 3.22. The Morgan fingerprint density at radius 2 is 2.00 bits per heavy atom. The Morgan fingerprint density at radius 1 is 1.22 bits per heavy atom. The predicted octanol–water partition coefficient (Wildman–Crippen LogP) is 3.83. The lowest BCUT2D eigenvalue weighted by molar-refractivity contribution is -0.133. The molecule has 0 spiro atoms. The lowest BCUT2D eigenvalue weighted by atomic mass is 10.2. The molecule has 0 saturated heterocycles. The summed E-state index contributed by atoms with van der Waals surface area (Å²) in [6.07, 6.45) is 4.90. The maximum absolute atomic E-state index is 13.1. The molecule has 144 valence electrons. The first-order valence-electron chi connectivity index (χ1n) is 9.44. The summed E-state index contributed by atoms with van der Waals surface area (Å²) in [5.74, 6) is -0.0726. The van der Waals surface area contributed by atoms with E-state index in [1.165, 1.54) is 0 Å². The van der Waals surface area contributed by atoms with E-state index in [-0.39, 0.29) is 18.4 Å². The average molecular weight is 432 g/mol. The van der Waals surface area contributed by atoms with Gasteiger partial charge in [0.05, 0.1) is 6.54 Å². The molecule has 1 saturated carbocycles. The van der Waals surface area contributed by atoms with Crippen molar-refractivity contribution >= 4 is 27.7 Å². The summed E-state index contributed by atoms with van der Waals surface area (Å²) < 4.78 is 2.90. The molecule has 1 heterocycles. The van der Waals surface area contributed by atoms with Gasteiger partial charge in [0, 0.05) is 41.6 Å². The van der Waals surface area contributed by atoms with Gasteiger partial charge in [0.2, 0.25) is 5.91 Å². The van der Waals surface area contributed by atoms with Crippen LogP contribution < -0.4 is 0 Å². The van der Waals surface area contributed by atoms with Gasteiger partial charge in [-0.3, -0.25) is 9.59 Å². The van der Waals surface area contributed by atoms with Gasteiger partial charge >= 0.3 is 0 Å². The van der Waals surface area contributed by atoms with E-state index in [1.54, 1.807) is 17.0 Å². The van der Waals surface area contributed by atoms with Crippen LogP contribution >= 0.6 is 15.9 Å². The maximum Gasteiger partial charge on any atom is 0.254 e. The zero-order valence-corrected chi connectivity index (χ0v) is 17.5. The number of aryl methyl sites for hydroxylation is 1. The van der Waals surface area contributed by atoms with Crippen molar-refractivity contribution in [2.45, 2.75) is 38.8 Å². The Labute approximate surface area is 169 Å². The highest BCUT2D eigenvalue weighted by Crippen LogP contribution is 2.28. The minimum Gasteiger partial charge on any atom is -0.353 e. The van der Waals surface area contributed by atoms with Gasteiger partial charge < -0.3 is 14.4 Å². The van der Waals surface area contributed by atoms with Crippen LogP contribution in [-0.2, 0) is 18.4 Å². The highest BCUT2D eigenvalue weighted by atomic mass is 79.9. The summed E-state index contributed by atoms with van der Waals surface area (Å²) in [5.41, 5.74) is 1.71. The minimum atomic E-state index is -0.0962. The summed E-state index contributed by atoms with van der Waals surface area (Å²) in [4.78, 5) is 29.6. The van der Waals surface area contributed by atoms with Gasteiger partial charge in [-0.05, 0) is 49.6 Å². The Morgan fingerprint density at radius 3 is 2.59 bits per heavy atom. The zero-order chi connectivity index (χ0) is 19.4. The molecule has 1 aliphatic rings. The fraction of sp³-hybridized carbons (Fsp3) is 0.429. The number of aromatic nitrogens is 1. The van der Waals surface area contributed by atoms with E-state index in [1.807, 2.05) is 53.9 Å². The normalized spacial score (nSPS) is 13.4. The number of benzene rings is 1. The van der Waals surface area contributed by atoms with Crippen LogP contribution in [-0.4, -0.2) is 45.3 Å². The number of rotatable bonds is 8. The van der Waals surface area contributed by atoms with Crippen LogP contribution in [0.4, 0.5) is 0 Å². The third-order valence-electron chi connectivity index (χ3n) is 4.87. The van der Waals surface area contributed by atoms with Gasteiger partial charge in [-0.2, -0.15) is 0 Å². The van der Waals surface area contributed by atoms with E-state index >= 15 is 0 Å². The first-order valence-corrected chi connectivity index (χ1v) is 10.2. The molecule has 2 amide bonds. The molecule has 1 aliphatic carbocycles. The molecule has 0 unspecified atom stereocenters. The summed E-state index contributed by atoms with van der Waals surface area (Å²) in [7, 11) is 1.99. The second-order valence-electron chi connectivity index (χ2n) is 7.10. The van der Waals surface area contributed by atoms with Crippen LogP contribution in [0.2, 0.25) is 0 Å². The van der Waals surface area contributed by atoms with E-state index in [0.717, 1.165) is 29.4 Å². The molecular formula is C21H26BrN3O2. The lowest BCUT2D eigenvalue weighted by Crippen LogP contribution is -2.44. The summed E-state index contributed by atoms with van der Waals surface area (Å²) >= 11 is 3.41. The molecule has 0 bridgehead atoms. The molecule has 0 N–H and O–H groups in total. The molecule has 1 aromatic heterocycles. The first-order chi connectivity index (χ1) is 13.0. The predicted molar refractivity (Wildman–Crippen MR) is 109 cm³/mol. The van der Waals surface area contributed by atoms with E-state index in [4.69, 9.17) is 0 Å². The Hall–Kier alpha value is -2.08. The Bertz CT molecular complexity index is 813. The smallest absolute Gasteiger partial charge is 0.254 e. The zero-order valence-electron chi connectivity index (χ0n) is 15.9. The molecule has 1 fully saturated rings. The number of carbonyl (C=O) groups excluding carboxylic acids is 2. The van der Waals surface area contributed by atoms with Gasteiger partial charge in [0.1, 0.15) is 6.54 Å². The highest BCUT2D eigenvalue weighted by Gasteiger charge is 2.34. The fourth-order valence-corrected chi connectivity index (χ4v) is 3.62. The van der Waals surface area contributed by atoms with Gasteiger partial charge in [0.15, 0.2) is 0 Å². The molecule has 0 atom stereocenters. The summed E-state index contributed by atoms with van der Waals surface area (Å²) in [6.45, 7) is 3.31. The minimum absolute atomic E-state index is 0.0236. The van der Waals surface area contributed by atoms with Gasteiger partial charge in [-0.25, -0.2) is 0 Å². The van der Waals surface area contributed by atoms with Crippen molar-refractivity contribution in [1.82, 2.24) is 14.4 Å². The molecule has 1 aromatic carbocycles. The van der Waals surface area contributed by atoms with E-state index in [9.17, 15) is 9.59 Å². The second kappa shape index (κ2) is 8.74. The number of hydrogen-bond donors (Lipinski definition) is 0. The van der Waals surface area contributed by atoms with Crippen LogP contribution in [0, 0.1) is 0 Å². The molecule has 0 aliphatic heterocycles. The number of amides is 2. The van der Waals surface area contributed by atoms with E-state index in [0.29, 0.717) is 24.7 Å². The third kappa shape index (κ3) is 5.01. The number of hydrogen-bond acceptors (Lipinski definition) is 2. The van der Waals surface area contributed by atoms with Crippen molar-refractivity contribution in [1.29, 1.82) is 0 Å². The molecule has 27 heavy (non-hydrogen) atoms. The number of carbonyl (C=O) groups is 2. The largest absolute Gasteiger partial charge is 0.353 e. The molecular weight excluding hydrogens is 406 g/mol. The van der Waals surface area contributed by atoms with Crippen molar-refractivity contribution in [3.05, 3.63) is 58.3 Å². The van der Waals surface area contributed by atoms with Crippen molar-refractivity contribution < 1.29 is 9.59 Å². The van der Waals surface area contributed by atoms with Gasteiger partial charge in [0.25, 0.3) is 5.91 Å². The first kappa shape index (κ1) is 19.7. The van der Waals surface area contributed by atoms with Crippen molar-refractivity contribution in [2.24, 2.45) is 7.05 Å². The van der Waals surface area contributed by atoms with Crippen molar-refractivity contribution in [3.63, 3.8) is 0 Å². The van der Waals surface area contributed by atoms with Crippen molar-refractivity contribution in [3.8, 4) is 0 Å². The van der Waals surface area contributed by atoms with Gasteiger partial charge in [-0.1, -0.05) is 28.9 Å². The molecule has 3 rings (SSSR count). The topological polar surface area (TPSA) is 45.6 Å². The highest BCUT2D eigenvalue weighted by molar-refractivity contribution is 9.10. The SMILES string of the molecule is CCCN(CC(=O)N(Cc1cccn1C)C1CC1)C(=O)c1cccc(Br)c1.